The molecule has 0 atom stereocenters. The molecule has 0 fully saturated rings. The first-order chi connectivity index (χ1) is 34.1. The summed E-state index contributed by atoms with van der Waals surface area (Å²) in [6, 6.07) is 99.6. The highest BCUT2D eigenvalue weighted by Gasteiger charge is 2.61. The molecule has 0 heterocycles. The van der Waals surface area contributed by atoms with Crippen molar-refractivity contribution in [2.24, 2.45) is 0 Å². The van der Waals surface area contributed by atoms with Gasteiger partial charge in [-0.15, -0.1) is 0 Å². The minimum atomic E-state index is -4.07. The molecule has 0 saturated heterocycles. The van der Waals surface area contributed by atoms with Gasteiger partial charge >= 0.3 is 17.1 Å². The molecule has 7 heteroatoms. The fourth-order valence-corrected chi connectivity index (χ4v) is 32.3. The van der Waals surface area contributed by atoms with Crippen LogP contribution in [0.15, 0.2) is 273 Å². The molecule has 9 rings (SSSR count). The smallest absolute Gasteiger partial charge is 0.389 e. The molecule has 9 aromatic carbocycles. The van der Waals surface area contributed by atoms with E-state index in [1.165, 1.54) is 36.1 Å². The van der Waals surface area contributed by atoms with Gasteiger partial charge in [0.15, 0.2) is 0 Å². The highest BCUT2D eigenvalue weighted by Crippen LogP contribution is 2.29. The predicted octanol–water partition coefficient (Wildman–Crippen LogP) is 9.34. The molecule has 3 nitrogen and oxygen atoms in total. The Morgan fingerprint density at radius 3 is 0.797 bits per heavy atom. The molecular formula is C62H62O3Si4. The van der Waals surface area contributed by atoms with Crippen LogP contribution in [0.2, 0.25) is 6.04 Å². The molecule has 0 radical (unpaired) electrons. The second-order valence-electron chi connectivity index (χ2n) is 17.9. The zero-order valence-electron chi connectivity index (χ0n) is 39.7. The molecule has 0 bridgehead atoms. The molecule has 0 aromatic heterocycles. The molecule has 69 heavy (non-hydrogen) atoms. The Labute approximate surface area is 414 Å². The second kappa shape index (κ2) is 22.9. The normalized spacial score (nSPS) is 12.1. The van der Waals surface area contributed by atoms with E-state index in [-0.39, 0.29) is 0 Å². The lowest BCUT2D eigenvalue weighted by Crippen LogP contribution is -2.83. The van der Waals surface area contributed by atoms with Gasteiger partial charge in [0.25, 0.3) is 8.32 Å². The summed E-state index contributed by atoms with van der Waals surface area (Å²) < 4.78 is 26.6. The van der Waals surface area contributed by atoms with E-state index in [9.17, 15) is 0 Å². The number of hydrogen-bond donors (Lipinski definition) is 0. The minimum absolute atomic E-state index is 0.897. The van der Waals surface area contributed by atoms with Crippen LogP contribution in [-0.2, 0) is 12.3 Å². The van der Waals surface area contributed by atoms with Gasteiger partial charge in [0.1, 0.15) is 0 Å². The molecule has 0 aliphatic carbocycles. The van der Waals surface area contributed by atoms with Crippen molar-refractivity contribution in [3.63, 3.8) is 0 Å². The number of unbranched alkanes of at least 4 members (excludes halogenated alkanes) is 5. The predicted molar refractivity (Wildman–Crippen MR) is 299 cm³/mol. The summed E-state index contributed by atoms with van der Waals surface area (Å²) in [5.41, 5.74) is 0. The Balaban J connectivity index is 1.40. The molecule has 344 valence electrons. The standard InChI is InChI=1S/C62H62O3Si4/c1-2-3-4-5-6-34-53-66(54-35-16-7-17-36-54,55-37-18-8-19-38-55)63-68(59-45-26-12-27-46-59,60-47-28-13-29-48-60)65-69(61-49-30-14-31-50-61,62-51-32-15-33-52-62)64-67(56-39-20-9-21-40-56,57-41-22-10-23-42-57)58-43-24-11-25-44-58/h7-33,35-52H,2-6,34,53H2,1H3. The average Bonchev–Trinajstić information content (AvgIpc) is 3.44. The van der Waals surface area contributed by atoms with Crippen LogP contribution in [0.1, 0.15) is 45.4 Å². The van der Waals surface area contributed by atoms with Crippen LogP contribution < -0.4 is 46.7 Å². The van der Waals surface area contributed by atoms with Crippen LogP contribution in [0.5, 0.6) is 0 Å². The first-order valence-corrected chi connectivity index (χ1v) is 32.4. The fraction of sp³-hybridized carbons (Fsp3) is 0.129. The SMILES string of the molecule is CCCCCCCC[Si](O[Si](O[Si](O[Si](c1ccccc1)(c1ccccc1)c1ccccc1)(c1ccccc1)c1ccccc1)(c1ccccc1)c1ccccc1)(c1ccccc1)c1ccccc1. The van der Waals surface area contributed by atoms with Gasteiger partial charge in [0.05, 0.1) is 0 Å². The summed E-state index contributed by atoms with van der Waals surface area (Å²) in [4.78, 5) is 0. The summed E-state index contributed by atoms with van der Waals surface area (Å²) in [5, 5.41) is 10.0. The molecule has 9 aromatic rings. The molecule has 0 unspecified atom stereocenters. The van der Waals surface area contributed by atoms with Crippen LogP contribution in [0.4, 0.5) is 0 Å². The van der Waals surface area contributed by atoms with E-state index < -0.39 is 33.8 Å². The summed E-state index contributed by atoms with van der Waals surface area (Å²) in [6.45, 7) is 2.29. The third-order valence-corrected chi connectivity index (χ3v) is 32.0. The lowest BCUT2D eigenvalue weighted by molar-refractivity contribution is 0.359. The summed E-state index contributed by atoms with van der Waals surface area (Å²) >= 11 is 0. The van der Waals surface area contributed by atoms with Crippen LogP contribution in [-0.4, -0.2) is 33.8 Å². The number of benzene rings is 9. The van der Waals surface area contributed by atoms with Crippen LogP contribution in [0.25, 0.3) is 0 Å². The lowest BCUT2D eigenvalue weighted by atomic mass is 10.1. The third-order valence-electron chi connectivity index (χ3n) is 13.4. The maximum atomic E-state index is 8.95. The molecular weight excluding hydrogens is 905 g/mol. The molecule has 0 spiro atoms. The average molecular weight is 968 g/mol. The zero-order valence-corrected chi connectivity index (χ0v) is 43.7. The number of hydrogen-bond acceptors (Lipinski definition) is 3. The largest absolute Gasteiger partial charge is 0.422 e. The summed E-state index contributed by atoms with van der Waals surface area (Å²) in [5.74, 6) is 0. The topological polar surface area (TPSA) is 27.7 Å². The van der Waals surface area contributed by atoms with E-state index in [0.29, 0.717) is 0 Å². The van der Waals surface area contributed by atoms with Crippen molar-refractivity contribution in [1.82, 2.24) is 0 Å². The van der Waals surface area contributed by atoms with E-state index in [1.807, 2.05) is 0 Å². The first-order valence-electron chi connectivity index (χ1n) is 24.7. The van der Waals surface area contributed by atoms with Gasteiger partial charge in [-0.1, -0.05) is 318 Å². The van der Waals surface area contributed by atoms with E-state index in [1.54, 1.807) is 0 Å². The monoisotopic (exact) mass is 966 g/mol. The zero-order chi connectivity index (χ0) is 47.1. The van der Waals surface area contributed by atoms with Crippen LogP contribution >= 0.6 is 0 Å². The van der Waals surface area contributed by atoms with E-state index >= 15 is 0 Å². The Morgan fingerprint density at radius 1 is 0.246 bits per heavy atom. The molecule has 0 N–H and O–H groups in total. The molecule has 0 aliphatic rings. The molecule has 0 amide bonds. The summed E-state index contributed by atoms with van der Waals surface area (Å²) in [6.07, 6.45) is 7.10. The maximum absolute atomic E-state index is 8.95. The Kier molecular flexibility index (Phi) is 15.8. The summed E-state index contributed by atoms with van der Waals surface area (Å²) in [7, 11) is -14.9. The Morgan fingerprint density at radius 2 is 0.493 bits per heavy atom. The van der Waals surface area contributed by atoms with Gasteiger partial charge in [0.2, 0.25) is 8.32 Å². The van der Waals surface area contributed by atoms with Gasteiger partial charge in [-0.3, -0.25) is 0 Å². The van der Waals surface area contributed by atoms with Gasteiger partial charge < -0.3 is 12.3 Å². The van der Waals surface area contributed by atoms with E-state index in [4.69, 9.17) is 12.3 Å². The third kappa shape index (κ3) is 10.2. The van der Waals surface area contributed by atoms with Crippen molar-refractivity contribution in [3.8, 4) is 0 Å². The Bertz CT molecular complexity index is 2670. The van der Waals surface area contributed by atoms with Gasteiger partial charge in [-0.25, -0.2) is 0 Å². The van der Waals surface area contributed by atoms with E-state index in [0.717, 1.165) is 55.2 Å². The molecule has 0 saturated carbocycles. The highest BCUT2D eigenvalue weighted by molar-refractivity contribution is 7.16. The van der Waals surface area contributed by atoms with Crippen molar-refractivity contribution >= 4 is 80.4 Å². The van der Waals surface area contributed by atoms with Crippen molar-refractivity contribution < 1.29 is 12.3 Å². The van der Waals surface area contributed by atoms with Crippen LogP contribution in [0.3, 0.4) is 0 Å². The van der Waals surface area contributed by atoms with Gasteiger partial charge in [-0.2, -0.15) is 0 Å². The molecule has 0 aliphatic heterocycles. The van der Waals surface area contributed by atoms with Crippen molar-refractivity contribution in [3.05, 3.63) is 273 Å². The highest BCUT2D eigenvalue weighted by atomic mass is 28.5. The minimum Gasteiger partial charge on any atom is -0.422 e. The van der Waals surface area contributed by atoms with Gasteiger partial charge in [-0.05, 0) is 52.7 Å². The first kappa shape index (κ1) is 47.8. The van der Waals surface area contributed by atoms with Gasteiger partial charge in [0, 0.05) is 0 Å². The maximum Gasteiger partial charge on any atom is 0.389 e. The Hall–Kier alpha value is -6.27. The van der Waals surface area contributed by atoms with Crippen molar-refractivity contribution in [2.75, 3.05) is 0 Å². The van der Waals surface area contributed by atoms with Crippen LogP contribution in [0, 0.1) is 0 Å². The van der Waals surface area contributed by atoms with Crippen molar-refractivity contribution in [1.29, 1.82) is 0 Å². The quantitative estimate of drug-likeness (QED) is 0.0386. The fourth-order valence-electron chi connectivity index (χ4n) is 10.0. The lowest BCUT2D eigenvalue weighted by Gasteiger charge is -2.49. The van der Waals surface area contributed by atoms with Crippen molar-refractivity contribution in [2.45, 2.75) is 51.5 Å². The second-order valence-corrected chi connectivity index (χ2v) is 31.5. The number of rotatable bonds is 22. The van der Waals surface area contributed by atoms with E-state index in [2.05, 4.69) is 280 Å².